The molecule has 0 saturated carbocycles. The van der Waals surface area contributed by atoms with Crippen molar-refractivity contribution >= 4 is 42.3 Å². The molecule has 0 radical (unpaired) electrons. The van der Waals surface area contributed by atoms with Crippen LogP contribution in [0.2, 0.25) is 0 Å². The van der Waals surface area contributed by atoms with E-state index in [0.29, 0.717) is 5.82 Å². The monoisotopic (exact) mass is 768 g/mol. The van der Waals surface area contributed by atoms with Crippen molar-refractivity contribution in [3.05, 3.63) is 218 Å². The summed E-state index contributed by atoms with van der Waals surface area (Å²) < 4.78 is 2.58. The molecule has 0 spiro atoms. The van der Waals surface area contributed by atoms with E-state index in [1.54, 1.807) is 0 Å². The summed E-state index contributed by atoms with van der Waals surface area (Å²) in [6.07, 6.45) is 0. The second-order valence-corrected chi connectivity index (χ2v) is 16.0. The van der Waals surface area contributed by atoms with Crippen LogP contribution in [0.15, 0.2) is 218 Å². The first kappa shape index (κ1) is 34.8. The zero-order valence-electron chi connectivity index (χ0n) is 32.1. The van der Waals surface area contributed by atoms with Crippen LogP contribution in [0, 0.1) is 0 Å². The Bertz CT molecular complexity index is 3310. The molecule has 0 fully saturated rings. The Morgan fingerprint density at radius 1 is 0.288 bits per heavy atom. The molecular weight excluding hydrogens is 733 g/mol. The quantitative estimate of drug-likeness (QED) is 0.161. The molecule has 276 valence electrons. The molecule has 2 nitrogen and oxygen atoms in total. The van der Waals surface area contributed by atoms with Crippen molar-refractivity contribution in [1.82, 2.24) is 9.97 Å². The number of benzene rings is 9. The molecule has 0 aliphatic rings. The van der Waals surface area contributed by atoms with Crippen LogP contribution in [-0.2, 0) is 0 Å². The molecule has 9 aromatic carbocycles. The van der Waals surface area contributed by atoms with Crippen LogP contribution in [0.25, 0.3) is 109 Å². The van der Waals surface area contributed by atoms with Crippen LogP contribution in [0.5, 0.6) is 0 Å². The highest BCUT2D eigenvalue weighted by atomic mass is 32.1. The van der Waals surface area contributed by atoms with E-state index in [4.69, 9.17) is 9.97 Å². The molecule has 2 heterocycles. The highest BCUT2D eigenvalue weighted by molar-refractivity contribution is 7.26. The predicted molar refractivity (Wildman–Crippen MR) is 250 cm³/mol. The van der Waals surface area contributed by atoms with E-state index in [2.05, 4.69) is 212 Å². The van der Waals surface area contributed by atoms with Gasteiger partial charge in [-0.1, -0.05) is 182 Å². The van der Waals surface area contributed by atoms with Crippen molar-refractivity contribution in [1.29, 1.82) is 0 Å². The van der Waals surface area contributed by atoms with E-state index in [9.17, 15) is 0 Å². The fraction of sp³-hybridized carbons (Fsp3) is 0. The predicted octanol–water partition coefficient (Wildman–Crippen LogP) is 15.7. The van der Waals surface area contributed by atoms with E-state index in [-0.39, 0.29) is 0 Å². The molecule has 59 heavy (non-hydrogen) atoms. The highest BCUT2D eigenvalue weighted by Gasteiger charge is 2.19. The number of hydrogen-bond acceptors (Lipinski definition) is 3. The van der Waals surface area contributed by atoms with Crippen molar-refractivity contribution in [2.75, 3.05) is 0 Å². The zero-order valence-corrected chi connectivity index (χ0v) is 32.9. The largest absolute Gasteiger partial charge is 0.228 e. The van der Waals surface area contributed by atoms with Crippen LogP contribution in [0.1, 0.15) is 0 Å². The first-order valence-electron chi connectivity index (χ1n) is 20.0. The summed E-state index contributed by atoms with van der Waals surface area (Å²) in [5.74, 6) is 0.686. The van der Waals surface area contributed by atoms with Gasteiger partial charge in [-0.15, -0.1) is 11.3 Å². The van der Waals surface area contributed by atoms with Crippen molar-refractivity contribution < 1.29 is 0 Å². The minimum Gasteiger partial charge on any atom is -0.228 e. The van der Waals surface area contributed by atoms with Gasteiger partial charge in [-0.05, 0) is 91.7 Å². The number of aromatic nitrogens is 2. The Morgan fingerprint density at radius 3 is 1.66 bits per heavy atom. The van der Waals surface area contributed by atoms with Gasteiger partial charge in [0, 0.05) is 36.9 Å². The Kier molecular flexibility index (Phi) is 8.72. The SMILES string of the molecule is c1ccc(-c2ccc(-c3ccccc3)c(-c3cc(-c4cc(-c5cccc6ccccc56)cc(-c5cccc6c5sc5ccccc56)c4)nc(-c4ccccc4)n3)c2)cc1. The molecular formula is C56H36N2S. The molecule has 0 amide bonds. The van der Waals surface area contributed by atoms with E-state index in [1.807, 2.05) is 17.4 Å². The van der Waals surface area contributed by atoms with Crippen molar-refractivity contribution in [3.63, 3.8) is 0 Å². The van der Waals surface area contributed by atoms with E-state index in [1.165, 1.54) is 42.1 Å². The summed E-state index contributed by atoms with van der Waals surface area (Å²) in [5, 5.41) is 5.00. The number of fused-ring (bicyclic) bond motifs is 4. The van der Waals surface area contributed by atoms with Gasteiger partial charge in [0.1, 0.15) is 0 Å². The fourth-order valence-electron chi connectivity index (χ4n) is 8.42. The smallest absolute Gasteiger partial charge is 0.160 e. The van der Waals surface area contributed by atoms with Crippen LogP contribution in [-0.4, -0.2) is 9.97 Å². The van der Waals surface area contributed by atoms with E-state index >= 15 is 0 Å². The second-order valence-electron chi connectivity index (χ2n) is 14.9. The summed E-state index contributed by atoms with van der Waals surface area (Å²) in [7, 11) is 0. The van der Waals surface area contributed by atoms with Gasteiger partial charge in [0.05, 0.1) is 11.4 Å². The van der Waals surface area contributed by atoms with Gasteiger partial charge in [-0.2, -0.15) is 0 Å². The number of hydrogen-bond donors (Lipinski definition) is 0. The summed E-state index contributed by atoms with van der Waals surface area (Å²) >= 11 is 1.86. The lowest BCUT2D eigenvalue weighted by Crippen LogP contribution is -1.98. The summed E-state index contributed by atoms with van der Waals surface area (Å²) in [6.45, 7) is 0. The Hall–Kier alpha value is -7.46. The summed E-state index contributed by atoms with van der Waals surface area (Å²) in [6, 6.07) is 78.2. The van der Waals surface area contributed by atoms with Crippen LogP contribution in [0.3, 0.4) is 0 Å². The summed E-state index contributed by atoms with van der Waals surface area (Å²) in [4.78, 5) is 10.8. The fourth-order valence-corrected chi connectivity index (χ4v) is 9.66. The molecule has 0 atom stereocenters. The standard InChI is InChI=1S/C56H36N2S/c1-4-16-37(17-5-1)41-30-31-47(38-18-6-2-7-19-38)51(35-41)53-36-52(57-56(58-53)40-21-8-3-9-22-40)44-33-42(46-26-14-23-39-20-10-11-24-45(39)46)32-43(34-44)48-27-15-28-50-49-25-12-13-29-54(49)59-55(48)50/h1-36H. The molecule has 3 heteroatoms. The normalized spacial score (nSPS) is 11.4. The molecule has 0 unspecified atom stereocenters. The number of rotatable bonds is 7. The van der Waals surface area contributed by atoms with Gasteiger partial charge in [-0.3, -0.25) is 0 Å². The molecule has 2 aromatic heterocycles. The van der Waals surface area contributed by atoms with Gasteiger partial charge in [0.15, 0.2) is 5.82 Å². The van der Waals surface area contributed by atoms with E-state index < -0.39 is 0 Å². The second kappa shape index (κ2) is 14.8. The van der Waals surface area contributed by atoms with Gasteiger partial charge >= 0.3 is 0 Å². The van der Waals surface area contributed by atoms with Gasteiger partial charge in [-0.25, -0.2) is 9.97 Å². The minimum absolute atomic E-state index is 0.686. The third-order valence-corrected chi connectivity index (χ3v) is 12.5. The first-order valence-corrected chi connectivity index (χ1v) is 20.8. The third kappa shape index (κ3) is 6.48. The Labute approximate surface area is 347 Å². The Balaban J connectivity index is 1.19. The lowest BCUT2D eigenvalue weighted by molar-refractivity contribution is 1.18. The summed E-state index contributed by atoms with van der Waals surface area (Å²) in [5.41, 5.74) is 14.0. The molecule has 0 N–H and O–H groups in total. The minimum atomic E-state index is 0.686. The lowest BCUT2D eigenvalue weighted by atomic mass is 9.91. The molecule has 11 aromatic rings. The van der Waals surface area contributed by atoms with Crippen LogP contribution in [0.4, 0.5) is 0 Å². The lowest BCUT2D eigenvalue weighted by Gasteiger charge is -2.16. The van der Waals surface area contributed by atoms with Gasteiger partial charge in [0.25, 0.3) is 0 Å². The topological polar surface area (TPSA) is 25.8 Å². The van der Waals surface area contributed by atoms with Crippen molar-refractivity contribution in [2.24, 2.45) is 0 Å². The average molecular weight is 769 g/mol. The molecule has 11 rings (SSSR count). The van der Waals surface area contributed by atoms with E-state index in [0.717, 1.165) is 61.5 Å². The van der Waals surface area contributed by atoms with Gasteiger partial charge < -0.3 is 0 Å². The third-order valence-electron chi connectivity index (χ3n) is 11.3. The maximum absolute atomic E-state index is 5.40. The molecule has 0 aliphatic carbocycles. The molecule has 0 bridgehead atoms. The van der Waals surface area contributed by atoms with Crippen molar-refractivity contribution in [2.45, 2.75) is 0 Å². The van der Waals surface area contributed by atoms with Crippen LogP contribution < -0.4 is 0 Å². The van der Waals surface area contributed by atoms with Crippen molar-refractivity contribution in [3.8, 4) is 78.4 Å². The van der Waals surface area contributed by atoms with Gasteiger partial charge in [0.2, 0.25) is 0 Å². The highest BCUT2D eigenvalue weighted by Crippen LogP contribution is 2.44. The average Bonchev–Trinajstić information content (AvgIpc) is 3.71. The first-order chi connectivity index (χ1) is 29.2. The maximum Gasteiger partial charge on any atom is 0.160 e. The zero-order chi connectivity index (χ0) is 39.1. The molecule has 0 aliphatic heterocycles. The maximum atomic E-state index is 5.40. The molecule has 0 saturated heterocycles. The number of nitrogens with zero attached hydrogens (tertiary/aromatic N) is 2. The van der Waals surface area contributed by atoms with Crippen LogP contribution >= 0.6 is 11.3 Å². The Morgan fingerprint density at radius 2 is 0.864 bits per heavy atom. The number of thiophene rings is 1.